The van der Waals surface area contributed by atoms with E-state index in [1.54, 1.807) is 6.20 Å². The van der Waals surface area contributed by atoms with E-state index in [4.69, 9.17) is 14.2 Å². The third kappa shape index (κ3) is 2.29. The van der Waals surface area contributed by atoms with E-state index in [0.29, 0.717) is 22.7 Å². The van der Waals surface area contributed by atoms with Gasteiger partial charge in [0.2, 0.25) is 12.4 Å². The number of benzene rings is 1. The molecular weight excluding hydrogens is 338 g/mol. The maximum atomic E-state index is 5.78. The maximum absolute atomic E-state index is 5.78. The monoisotopic (exact) mass is 347 g/mol. The normalized spacial score (nSPS) is 12.8. The van der Waals surface area contributed by atoms with Crippen molar-refractivity contribution in [3.05, 3.63) is 47.0 Å². The van der Waals surface area contributed by atoms with E-state index in [0.717, 1.165) is 17.1 Å². The highest BCUT2D eigenvalue weighted by Crippen LogP contribution is 2.32. The van der Waals surface area contributed by atoms with Crippen molar-refractivity contribution in [3.63, 3.8) is 0 Å². The second-order valence-corrected chi connectivity index (χ2v) is 5.32. The number of hydrogen-bond donors (Lipinski definition) is 0. The van der Waals surface area contributed by atoms with E-state index in [1.165, 1.54) is 0 Å². The first-order valence-corrected chi connectivity index (χ1v) is 7.09. The van der Waals surface area contributed by atoms with Crippen LogP contribution in [0.15, 0.2) is 41.4 Å². The molecule has 21 heavy (non-hydrogen) atoms. The van der Waals surface area contributed by atoms with Crippen LogP contribution in [0, 0.1) is 0 Å². The molecular formula is C14H10BrN3O3. The lowest BCUT2D eigenvalue weighted by molar-refractivity contribution is 0.174. The third-order valence-electron chi connectivity index (χ3n) is 3.13. The number of rotatable bonds is 3. The summed E-state index contributed by atoms with van der Waals surface area (Å²) in [5.41, 5.74) is 1.66. The summed E-state index contributed by atoms with van der Waals surface area (Å²) in [7, 11) is 0. The summed E-state index contributed by atoms with van der Waals surface area (Å²) >= 11 is 3.36. The number of ether oxygens (including phenoxy) is 3. The first-order chi connectivity index (χ1) is 10.3. The van der Waals surface area contributed by atoms with Gasteiger partial charge < -0.3 is 14.2 Å². The minimum Gasteiger partial charge on any atom is -0.470 e. The summed E-state index contributed by atoms with van der Waals surface area (Å²) in [5.74, 6) is 1.98. The summed E-state index contributed by atoms with van der Waals surface area (Å²) in [6, 6.07) is 5.72. The molecule has 3 heterocycles. The molecule has 1 aliphatic heterocycles. The van der Waals surface area contributed by atoms with Crippen LogP contribution in [-0.4, -0.2) is 21.2 Å². The highest BCUT2D eigenvalue weighted by molar-refractivity contribution is 9.10. The molecule has 0 saturated heterocycles. The number of hydrogen-bond acceptors (Lipinski definition) is 5. The van der Waals surface area contributed by atoms with Crippen molar-refractivity contribution in [1.29, 1.82) is 0 Å². The van der Waals surface area contributed by atoms with E-state index < -0.39 is 0 Å². The fraction of sp³-hybridized carbons (Fsp3) is 0.143. The predicted molar refractivity (Wildman–Crippen MR) is 77.6 cm³/mol. The molecule has 6 nitrogen and oxygen atoms in total. The summed E-state index contributed by atoms with van der Waals surface area (Å²) in [6.45, 7) is 0.643. The molecule has 0 aliphatic carbocycles. The number of nitrogens with zero attached hydrogens (tertiary/aromatic N) is 3. The van der Waals surface area contributed by atoms with Crippen LogP contribution in [0.5, 0.6) is 17.4 Å². The Hall–Kier alpha value is -2.28. The van der Waals surface area contributed by atoms with Crippen molar-refractivity contribution in [2.24, 2.45) is 0 Å². The molecule has 1 aliphatic rings. The number of aromatic nitrogens is 3. The van der Waals surface area contributed by atoms with E-state index >= 15 is 0 Å². The van der Waals surface area contributed by atoms with E-state index in [-0.39, 0.29) is 6.79 Å². The minimum absolute atomic E-state index is 0.265. The van der Waals surface area contributed by atoms with Gasteiger partial charge in [0.25, 0.3) is 5.88 Å². The van der Waals surface area contributed by atoms with Crippen molar-refractivity contribution >= 4 is 21.6 Å². The maximum Gasteiger partial charge on any atom is 0.259 e. The van der Waals surface area contributed by atoms with Gasteiger partial charge in [-0.1, -0.05) is 6.07 Å². The van der Waals surface area contributed by atoms with E-state index in [2.05, 4.69) is 25.9 Å². The molecule has 7 heteroatoms. The van der Waals surface area contributed by atoms with Crippen LogP contribution in [-0.2, 0) is 6.61 Å². The van der Waals surface area contributed by atoms with Gasteiger partial charge in [-0.2, -0.15) is 0 Å². The van der Waals surface area contributed by atoms with Gasteiger partial charge in [0.1, 0.15) is 11.2 Å². The fourth-order valence-corrected chi connectivity index (χ4v) is 2.53. The summed E-state index contributed by atoms with van der Waals surface area (Å²) in [5, 5.41) is 0. The summed E-state index contributed by atoms with van der Waals surface area (Å²) < 4.78 is 19.0. The molecule has 0 amide bonds. The Labute approximate surface area is 128 Å². The van der Waals surface area contributed by atoms with E-state index in [9.17, 15) is 0 Å². The van der Waals surface area contributed by atoms with Gasteiger partial charge in [-0.3, -0.25) is 4.40 Å². The zero-order valence-corrected chi connectivity index (χ0v) is 12.4. The lowest BCUT2D eigenvalue weighted by Crippen LogP contribution is -2.00. The first kappa shape index (κ1) is 12.5. The molecule has 4 rings (SSSR count). The standard InChI is InChI=1S/C14H10BrN3O3/c15-12-6-18-4-3-16-13(18)14(17-12)19-7-9-1-2-10-11(5-9)21-8-20-10/h1-6H,7-8H2. The van der Waals surface area contributed by atoms with Crippen LogP contribution in [0.2, 0.25) is 0 Å². The molecule has 3 aromatic rings. The molecule has 0 saturated carbocycles. The Morgan fingerprint density at radius 3 is 3.14 bits per heavy atom. The Kier molecular flexibility index (Phi) is 2.92. The molecule has 0 N–H and O–H groups in total. The molecule has 0 unspecified atom stereocenters. The number of imidazole rings is 1. The lowest BCUT2D eigenvalue weighted by Gasteiger charge is -2.07. The van der Waals surface area contributed by atoms with Gasteiger partial charge in [0.05, 0.1) is 0 Å². The fourth-order valence-electron chi connectivity index (χ4n) is 2.15. The number of fused-ring (bicyclic) bond motifs is 2. The molecule has 106 valence electrons. The quantitative estimate of drug-likeness (QED) is 0.729. The van der Waals surface area contributed by atoms with Gasteiger partial charge >= 0.3 is 0 Å². The van der Waals surface area contributed by atoms with Crippen molar-refractivity contribution in [2.45, 2.75) is 6.61 Å². The second-order valence-electron chi connectivity index (χ2n) is 4.50. The lowest BCUT2D eigenvalue weighted by atomic mass is 10.2. The first-order valence-electron chi connectivity index (χ1n) is 6.30. The van der Waals surface area contributed by atoms with Crippen LogP contribution in [0.25, 0.3) is 5.65 Å². The van der Waals surface area contributed by atoms with Crippen LogP contribution in [0.4, 0.5) is 0 Å². The Bertz CT molecular complexity index is 818. The van der Waals surface area contributed by atoms with E-state index in [1.807, 2.05) is 35.0 Å². The van der Waals surface area contributed by atoms with Crippen LogP contribution >= 0.6 is 15.9 Å². The van der Waals surface area contributed by atoms with Crippen molar-refractivity contribution in [2.75, 3.05) is 6.79 Å². The Balaban J connectivity index is 1.59. The molecule has 0 fully saturated rings. The van der Waals surface area contributed by atoms with Gasteiger partial charge in [-0.05, 0) is 33.6 Å². The summed E-state index contributed by atoms with van der Waals surface area (Å²) in [6.07, 6.45) is 5.38. The van der Waals surface area contributed by atoms with Crippen LogP contribution < -0.4 is 14.2 Å². The average molecular weight is 348 g/mol. The van der Waals surface area contributed by atoms with Crippen molar-refractivity contribution in [3.8, 4) is 17.4 Å². The summed E-state index contributed by atoms with van der Waals surface area (Å²) in [4.78, 5) is 8.56. The molecule has 0 radical (unpaired) electrons. The third-order valence-corrected chi connectivity index (χ3v) is 3.51. The molecule has 2 aromatic heterocycles. The van der Waals surface area contributed by atoms with Gasteiger partial charge in [-0.15, -0.1) is 0 Å². The topological polar surface area (TPSA) is 57.9 Å². The van der Waals surface area contributed by atoms with Crippen LogP contribution in [0.1, 0.15) is 5.56 Å². The zero-order chi connectivity index (χ0) is 14.2. The van der Waals surface area contributed by atoms with Crippen molar-refractivity contribution in [1.82, 2.24) is 14.4 Å². The largest absolute Gasteiger partial charge is 0.470 e. The smallest absolute Gasteiger partial charge is 0.259 e. The molecule has 1 aromatic carbocycles. The predicted octanol–water partition coefficient (Wildman–Crippen LogP) is 2.80. The van der Waals surface area contributed by atoms with Crippen LogP contribution in [0.3, 0.4) is 0 Å². The minimum atomic E-state index is 0.265. The van der Waals surface area contributed by atoms with Gasteiger partial charge in [0.15, 0.2) is 11.5 Å². The highest BCUT2D eigenvalue weighted by atomic mass is 79.9. The van der Waals surface area contributed by atoms with Gasteiger partial charge in [0, 0.05) is 18.6 Å². The average Bonchev–Trinajstić information content (AvgIpc) is 3.12. The van der Waals surface area contributed by atoms with Gasteiger partial charge in [-0.25, -0.2) is 9.97 Å². The molecule has 0 spiro atoms. The zero-order valence-electron chi connectivity index (χ0n) is 10.8. The Morgan fingerprint density at radius 1 is 1.29 bits per heavy atom. The molecule has 0 atom stereocenters. The second kappa shape index (κ2) is 4.92. The molecule has 0 bridgehead atoms. The SMILES string of the molecule is Brc1cn2ccnc2c(OCc2ccc3c(c2)OCO3)n1. The van der Waals surface area contributed by atoms with Crippen molar-refractivity contribution < 1.29 is 14.2 Å². The highest BCUT2D eigenvalue weighted by Gasteiger charge is 2.14. The number of halogens is 1. The Morgan fingerprint density at radius 2 is 2.19 bits per heavy atom.